The Labute approximate surface area is 182 Å². The van der Waals surface area contributed by atoms with Gasteiger partial charge in [-0.25, -0.2) is 8.42 Å². The average molecular weight is 437 g/mol. The number of anilines is 2. The number of hydrogen-bond donors (Lipinski definition) is 2. The molecular formula is C24H24N2O4S. The number of carbonyl (C=O) groups excluding carboxylic acids is 1. The lowest BCUT2D eigenvalue weighted by Crippen LogP contribution is -2.15. The van der Waals surface area contributed by atoms with Gasteiger partial charge in [-0.05, 0) is 66.9 Å². The van der Waals surface area contributed by atoms with E-state index in [9.17, 15) is 13.2 Å². The van der Waals surface area contributed by atoms with E-state index in [-0.39, 0.29) is 10.8 Å². The highest BCUT2D eigenvalue weighted by Gasteiger charge is 2.18. The molecule has 2 N–H and O–H groups in total. The van der Waals surface area contributed by atoms with Crippen LogP contribution >= 0.6 is 0 Å². The van der Waals surface area contributed by atoms with Crippen molar-refractivity contribution in [3.05, 3.63) is 90.0 Å². The zero-order valence-corrected chi connectivity index (χ0v) is 18.4. The summed E-state index contributed by atoms with van der Waals surface area (Å²) in [5.41, 5.74) is 3.11. The second kappa shape index (κ2) is 9.49. The van der Waals surface area contributed by atoms with E-state index in [0.717, 1.165) is 11.1 Å². The van der Waals surface area contributed by atoms with Crippen LogP contribution < -0.4 is 14.8 Å². The Morgan fingerprint density at radius 2 is 1.58 bits per heavy atom. The number of hydrogen-bond acceptors (Lipinski definition) is 4. The van der Waals surface area contributed by atoms with Crippen LogP contribution in [0.1, 0.15) is 18.1 Å². The maximum absolute atomic E-state index is 12.9. The minimum atomic E-state index is -3.85. The summed E-state index contributed by atoms with van der Waals surface area (Å²) >= 11 is 0. The highest BCUT2D eigenvalue weighted by atomic mass is 32.2. The van der Waals surface area contributed by atoms with E-state index < -0.39 is 10.0 Å². The van der Waals surface area contributed by atoms with Crippen molar-refractivity contribution >= 4 is 32.9 Å². The molecule has 0 aliphatic heterocycles. The summed E-state index contributed by atoms with van der Waals surface area (Å²) in [4.78, 5) is 12.5. The van der Waals surface area contributed by atoms with Crippen LogP contribution in [-0.4, -0.2) is 21.4 Å². The van der Waals surface area contributed by atoms with Crippen LogP contribution in [0, 0.1) is 6.92 Å². The summed E-state index contributed by atoms with van der Waals surface area (Å²) in [6.07, 6.45) is 1.49. The standard InChI is InChI=1S/C24H24N2O4S/c1-17-9-10-21(25-24(27)15-18(2)19-7-5-4-6-8-19)16-23(17)31(28,29)26-20-11-13-22(30-3)14-12-20/h4-16,26H,1-3H3,(H,25,27)/b18-15+. The van der Waals surface area contributed by atoms with E-state index in [1.807, 2.05) is 37.3 Å². The summed E-state index contributed by atoms with van der Waals surface area (Å²) in [6.45, 7) is 3.55. The summed E-state index contributed by atoms with van der Waals surface area (Å²) in [6, 6.07) is 20.9. The van der Waals surface area contributed by atoms with E-state index in [4.69, 9.17) is 4.74 Å². The SMILES string of the molecule is COc1ccc(NS(=O)(=O)c2cc(NC(=O)/C=C(\C)c3ccccc3)ccc2C)cc1. The van der Waals surface area contributed by atoms with Crippen molar-refractivity contribution in [3.63, 3.8) is 0 Å². The maximum Gasteiger partial charge on any atom is 0.262 e. The Hall–Kier alpha value is -3.58. The maximum atomic E-state index is 12.9. The number of sulfonamides is 1. The third-order valence-electron chi connectivity index (χ3n) is 4.66. The molecule has 0 radical (unpaired) electrons. The Bertz CT molecular complexity index is 1200. The zero-order valence-electron chi connectivity index (χ0n) is 17.5. The molecule has 0 spiro atoms. The third kappa shape index (κ3) is 5.73. The van der Waals surface area contributed by atoms with Gasteiger partial charge in [0.1, 0.15) is 5.75 Å². The number of methoxy groups -OCH3 is 1. The van der Waals surface area contributed by atoms with Gasteiger partial charge in [-0.1, -0.05) is 36.4 Å². The van der Waals surface area contributed by atoms with Crippen molar-refractivity contribution in [1.82, 2.24) is 0 Å². The van der Waals surface area contributed by atoms with Crippen LogP contribution in [-0.2, 0) is 14.8 Å². The minimum Gasteiger partial charge on any atom is -0.497 e. The largest absolute Gasteiger partial charge is 0.497 e. The smallest absolute Gasteiger partial charge is 0.262 e. The molecule has 6 nitrogen and oxygen atoms in total. The molecule has 7 heteroatoms. The van der Waals surface area contributed by atoms with Gasteiger partial charge in [0, 0.05) is 17.5 Å². The lowest BCUT2D eigenvalue weighted by molar-refractivity contribution is -0.111. The highest BCUT2D eigenvalue weighted by molar-refractivity contribution is 7.92. The van der Waals surface area contributed by atoms with Gasteiger partial charge in [-0.2, -0.15) is 0 Å². The minimum absolute atomic E-state index is 0.0879. The monoisotopic (exact) mass is 436 g/mol. The predicted octanol–water partition coefficient (Wildman–Crippen LogP) is 4.85. The van der Waals surface area contributed by atoms with Gasteiger partial charge in [-0.3, -0.25) is 9.52 Å². The molecule has 0 aliphatic rings. The Morgan fingerprint density at radius 3 is 2.23 bits per heavy atom. The first-order valence-electron chi connectivity index (χ1n) is 9.61. The first-order valence-corrected chi connectivity index (χ1v) is 11.1. The molecule has 3 rings (SSSR count). The van der Waals surface area contributed by atoms with E-state index in [1.165, 1.54) is 12.1 Å². The van der Waals surface area contributed by atoms with E-state index in [1.54, 1.807) is 50.4 Å². The average Bonchev–Trinajstić information content (AvgIpc) is 2.75. The quantitative estimate of drug-likeness (QED) is 0.519. The molecule has 0 atom stereocenters. The molecule has 0 fully saturated rings. The van der Waals surface area contributed by atoms with Crippen molar-refractivity contribution in [2.75, 3.05) is 17.1 Å². The van der Waals surface area contributed by atoms with Crippen LogP contribution in [0.15, 0.2) is 83.8 Å². The molecule has 0 bridgehead atoms. The van der Waals surface area contributed by atoms with Crippen LogP contribution in [0.2, 0.25) is 0 Å². The fourth-order valence-corrected chi connectivity index (χ4v) is 4.33. The summed E-state index contributed by atoms with van der Waals surface area (Å²) in [5, 5.41) is 2.74. The Morgan fingerprint density at radius 1 is 0.935 bits per heavy atom. The van der Waals surface area contributed by atoms with Crippen LogP contribution in [0.25, 0.3) is 5.57 Å². The number of benzene rings is 3. The molecule has 31 heavy (non-hydrogen) atoms. The predicted molar refractivity (Wildman–Crippen MR) is 124 cm³/mol. The molecule has 0 aliphatic carbocycles. The van der Waals surface area contributed by atoms with Crippen LogP contribution in [0.4, 0.5) is 11.4 Å². The van der Waals surface area contributed by atoms with Gasteiger partial charge < -0.3 is 10.1 Å². The number of aryl methyl sites for hydroxylation is 1. The topological polar surface area (TPSA) is 84.5 Å². The number of allylic oxidation sites excluding steroid dienone is 1. The summed E-state index contributed by atoms with van der Waals surface area (Å²) in [5.74, 6) is 0.291. The van der Waals surface area contributed by atoms with Gasteiger partial charge in [0.05, 0.1) is 12.0 Å². The van der Waals surface area contributed by atoms with Crippen molar-refractivity contribution in [1.29, 1.82) is 0 Å². The fourth-order valence-electron chi connectivity index (χ4n) is 3.00. The number of ether oxygens (including phenoxy) is 1. The molecule has 3 aromatic rings. The second-order valence-corrected chi connectivity index (χ2v) is 8.65. The third-order valence-corrected chi connectivity index (χ3v) is 6.19. The molecule has 0 heterocycles. The summed E-state index contributed by atoms with van der Waals surface area (Å²) < 4.78 is 33.5. The van der Waals surface area contributed by atoms with Crippen LogP contribution in [0.5, 0.6) is 5.75 Å². The Kier molecular flexibility index (Phi) is 6.77. The highest BCUT2D eigenvalue weighted by Crippen LogP contribution is 2.24. The van der Waals surface area contributed by atoms with Gasteiger partial charge in [-0.15, -0.1) is 0 Å². The number of amides is 1. The molecule has 1 amide bonds. The van der Waals surface area contributed by atoms with Gasteiger partial charge in [0.2, 0.25) is 5.91 Å². The fraction of sp³-hybridized carbons (Fsp3) is 0.125. The molecule has 0 unspecified atom stereocenters. The normalized spacial score (nSPS) is 11.6. The number of carbonyl (C=O) groups is 1. The van der Waals surface area contributed by atoms with Crippen molar-refractivity contribution in [2.45, 2.75) is 18.7 Å². The molecule has 0 saturated carbocycles. The van der Waals surface area contributed by atoms with Gasteiger partial charge in [0.25, 0.3) is 10.0 Å². The molecule has 0 aromatic heterocycles. The zero-order chi connectivity index (χ0) is 22.4. The van der Waals surface area contributed by atoms with Crippen molar-refractivity contribution in [2.24, 2.45) is 0 Å². The Balaban J connectivity index is 1.79. The van der Waals surface area contributed by atoms with Gasteiger partial charge >= 0.3 is 0 Å². The molecule has 160 valence electrons. The van der Waals surface area contributed by atoms with Gasteiger partial charge in [0.15, 0.2) is 0 Å². The lowest BCUT2D eigenvalue weighted by atomic mass is 10.1. The lowest BCUT2D eigenvalue weighted by Gasteiger charge is -2.13. The number of rotatable bonds is 7. The summed E-state index contributed by atoms with van der Waals surface area (Å²) in [7, 11) is -2.30. The van der Waals surface area contributed by atoms with Crippen molar-refractivity contribution in [3.8, 4) is 5.75 Å². The second-order valence-electron chi connectivity index (χ2n) is 7.00. The molecule has 3 aromatic carbocycles. The molecule has 0 saturated heterocycles. The van der Waals surface area contributed by atoms with Crippen LogP contribution in [0.3, 0.4) is 0 Å². The first-order chi connectivity index (χ1) is 14.8. The first kappa shape index (κ1) is 22.1. The van der Waals surface area contributed by atoms with E-state index in [2.05, 4.69) is 10.0 Å². The molecular weight excluding hydrogens is 412 g/mol. The van der Waals surface area contributed by atoms with Crippen molar-refractivity contribution < 1.29 is 17.9 Å². The number of nitrogens with one attached hydrogen (secondary N) is 2. The van der Waals surface area contributed by atoms with E-state index >= 15 is 0 Å². The van der Waals surface area contributed by atoms with E-state index in [0.29, 0.717) is 22.7 Å².